The van der Waals surface area contributed by atoms with Crippen LogP contribution in [0.25, 0.3) is 0 Å². The fraction of sp³-hybridized carbons (Fsp3) is 0.722. The van der Waals surface area contributed by atoms with Crippen molar-refractivity contribution in [2.75, 3.05) is 13.2 Å². The summed E-state index contributed by atoms with van der Waals surface area (Å²) in [6, 6.07) is 1.42. The molecule has 1 aromatic heterocycles. The topological polar surface area (TPSA) is 48.8 Å². The molecule has 2 fully saturated rings. The average Bonchev–Trinajstić information content (AvgIpc) is 3.21. The molecule has 3 heterocycles. The molecule has 0 radical (unpaired) electrons. The lowest BCUT2D eigenvalue weighted by molar-refractivity contribution is 0.0843. The first kappa shape index (κ1) is 21.1. The maximum absolute atomic E-state index is 6.10. The van der Waals surface area contributed by atoms with E-state index in [0.717, 1.165) is 37.0 Å². The molecule has 0 N–H and O–H groups in total. The molecule has 0 aliphatic carbocycles. The smallest absolute Gasteiger partial charge is 0.533 e. The number of rotatable bonds is 7. The fourth-order valence-corrected chi connectivity index (χ4v) is 4.57. The van der Waals surface area contributed by atoms with Crippen LogP contribution in [0, 0.1) is 0 Å². The van der Waals surface area contributed by atoms with Crippen molar-refractivity contribution in [1.29, 1.82) is 0 Å². The van der Waals surface area contributed by atoms with Gasteiger partial charge in [0.15, 0.2) is 0 Å². The summed E-state index contributed by atoms with van der Waals surface area (Å²) in [7, 11) is 1.22. The van der Waals surface area contributed by atoms with Crippen LogP contribution in [0.3, 0.4) is 0 Å². The summed E-state index contributed by atoms with van der Waals surface area (Å²) in [4.78, 5) is 4.74. The van der Waals surface area contributed by atoms with Gasteiger partial charge in [0.05, 0.1) is 17.4 Å². The molecular formula is C18H33BN3O3PSi. The second-order valence-electron chi connectivity index (χ2n) is 9.21. The lowest BCUT2D eigenvalue weighted by Gasteiger charge is -2.22. The van der Waals surface area contributed by atoms with Gasteiger partial charge in [-0.15, -0.1) is 0 Å². The molecule has 0 saturated carbocycles. The lowest BCUT2D eigenvalue weighted by atomic mass is 9.85. The van der Waals surface area contributed by atoms with Crippen molar-refractivity contribution >= 4 is 30.2 Å². The van der Waals surface area contributed by atoms with Gasteiger partial charge in [-0.1, -0.05) is 35.6 Å². The second kappa shape index (κ2) is 7.99. The predicted molar refractivity (Wildman–Crippen MR) is 116 cm³/mol. The highest BCUT2D eigenvalue weighted by Crippen LogP contribution is 2.34. The summed E-state index contributed by atoms with van der Waals surface area (Å²) in [5.41, 5.74) is 0.397. The van der Waals surface area contributed by atoms with Crippen LogP contribution in [0.5, 0.6) is 0 Å². The molecule has 2 aliphatic heterocycles. The molecule has 2 aliphatic rings. The van der Waals surface area contributed by atoms with Crippen molar-refractivity contribution in [1.82, 2.24) is 14.2 Å². The molecule has 2 atom stereocenters. The Kier molecular flexibility index (Phi) is 6.23. The first-order chi connectivity index (χ1) is 12.6. The van der Waals surface area contributed by atoms with Gasteiger partial charge in [0.1, 0.15) is 18.2 Å². The zero-order valence-electron chi connectivity index (χ0n) is 17.3. The van der Waals surface area contributed by atoms with E-state index in [9.17, 15) is 0 Å². The maximum atomic E-state index is 6.10. The highest BCUT2D eigenvalue weighted by Gasteiger charge is 2.45. The first-order valence-corrected chi connectivity index (χ1v) is 14.0. The van der Waals surface area contributed by atoms with E-state index in [1.54, 1.807) is 0 Å². The van der Waals surface area contributed by atoms with Gasteiger partial charge in [-0.2, -0.15) is 0 Å². The van der Waals surface area contributed by atoms with Crippen LogP contribution in [0.2, 0.25) is 25.7 Å². The molecule has 0 bridgehead atoms. The van der Waals surface area contributed by atoms with E-state index in [2.05, 4.69) is 44.8 Å². The standard InChI is InChI=1S/C18H33BN3O3PSi/c1-14-18(2,3)25-19(24-14)16-12-20-17(15-8-7-9-22(15)26)21(16)13-23-10-11-27(4,5)6/h12,15H,1,7-11,13,26H2,2-6H3/t15-/m0/s1. The Balaban J connectivity index is 1.80. The SMILES string of the molecule is C=C1OB(c2cnc([C@@H]3CCCN3P)n2COCC[Si](C)(C)C)OC1(C)C. The molecule has 9 heteroatoms. The zero-order valence-corrected chi connectivity index (χ0v) is 19.5. The van der Waals surface area contributed by atoms with E-state index >= 15 is 0 Å². The lowest BCUT2D eigenvalue weighted by Crippen LogP contribution is -2.40. The Morgan fingerprint density at radius 2 is 2.19 bits per heavy atom. The number of hydrogen-bond acceptors (Lipinski definition) is 5. The van der Waals surface area contributed by atoms with Crippen LogP contribution in [-0.2, 0) is 20.8 Å². The minimum absolute atomic E-state index is 0.280. The summed E-state index contributed by atoms with van der Waals surface area (Å²) < 4.78 is 22.5. The van der Waals surface area contributed by atoms with Gasteiger partial charge in [0, 0.05) is 27.4 Å². The highest BCUT2D eigenvalue weighted by molar-refractivity contribution is 7.13. The second-order valence-corrected chi connectivity index (χ2v) is 15.5. The van der Waals surface area contributed by atoms with Crippen molar-refractivity contribution in [3.63, 3.8) is 0 Å². The van der Waals surface area contributed by atoms with E-state index in [-0.39, 0.29) is 6.04 Å². The van der Waals surface area contributed by atoms with Crippen LogP contribution >= 0.6 is 9.39 Å². The van der Waals surface area contributed by atoms with E-state index in [0.29, 0.717) is 12.5 Å². The van der Waals surface area contributed by atoms with Crippen molar-refractivity contribution in [2.45, 2.75) is 70.7 Å². The van der Waals surface area contributed by atoms with E-state index in [4.69, 9.17) is 19.0 Å². The molecule has 1 aromatic rings. The number of nitrogens with zero attached hydrogens (tertiary/aromatic N) is 3. The third-order valence-electron chi connectivity index (χ3n) is 5.29. The summed E-state index contributed by atoms with van der Waals surface area (Å²) in [5.74, 6) is 1.67. The average molecular weight is 409 g/mol. The number of hydrogen-bond donors (Lipinski definition) is 0. The Bertz CT molecular complexity index is 692. The van der Waals surface area contributed by atoms with Gasteiger partial charge in [-0.25, -0.2) is 4.98 Å². The Morgan fingerprint density at radius 3 is 2.74 bits per heavy atom. The van der Waals surface area contributed by atoms with Crippen LogP contribution in [0.1, 0.15) is 38.6 Å². The van der Waals surface area contributed by atoms with Crippen molar-refractivity contribution in [3.05, 3.63) is 24.4 Å². The molecule has 27 heavy (non-hydrogen) atoms. The Hall–Kier alpha value is -0.658. The molecular weight excluding hydrogens is 376 g/mol. The van der Waals surface area contributed by atoms with Crippen molar-refractivity contribution < 1.29 is 14.0 Å². The van der Waals surface area contributed by atoms with Gasteiger partial charge in [0.25, 0.3) is 0 Å². The summed E-state index contributed by atoms with van der Waals surface area (Å²) in [5, 5.41) is 0. The third kappa shape index (κ3) is 4.85. The van der Waals surface area contributed by atoms with Crippen molar-refractivity contribution in [2.24, 2.45) is 0 Å². The van der Waals surface area contributed by atoms with Crippen LogP contribution < -0.4 is 5.59 Å². The summed E-state index contributed by atoms with van der Waals surface area (Å²) in [6.45, 7) is 17.3. The van der Waals surface area contributed by atoms with E-state index in [1.807, 2.05) is 20.0 Å². The highest BCUT2D eigenvalue weighted by atomic mass is 31.0. The van der Waals surface area contributed by atoms with Gasteiger partial charge >= 0.3 is 7.12 Å². The maximum Gasteiger partial charge on any atom is 0.582 e. The van der Waals surface area contributed by atoms with Gasteiger partial charge in [0.2, 0.25) is 0 Å². The Morgan fingerprint density at radius 1 is 1.44 bits per heavy atom. The van der Waals surface area contributed by atoms with Gasteiger partial charge in [-0.3, -0.25) is 4.67 Å². The molecule has 3 rings (SSSR count). The van der Waals surface area contributed by atoms with E-state index in [1.165, 1.54) is 6.42 Å². The number of aromatic nitrogens is 2. The summed E-state index contributed by atoms with van der Waals surface area (Å²) >= 11 is 0. The largest absolute Gasteiger partial charge is 0.582 e. The van der Waals surface area contributed by atoms with Crippen LogP contribution in [-0.4, -0.2) is 48.2 Å². The quantitative estimate of drug-likeness (QED) is 0.393. The zero-order chi connectivity index (χ0) is 19.8. The molecule has 150 valence electrons. The minimum Gasteiger partial charge on any atom is -0.533 e. The molecule has 0 amide bonds. The molecule has 0 spiro atoms. The molecule has 0 aromatic carbocycles. The van der Waals surface area contributed by atoms with Gasteiger partial charge < -0.3 is 18.6 Å². The van der Waals surface area contributed by atoms with Gasteiger partial charge in [-0.05, 0) is 32.7 Å². The first-order valence-electron chi connectivity index (χ1n) is 9.77. The molecule has 2 saturated heterocycles. The third-order valence-corrected chi connectivity index (χ3v) is 7.61. The molecule has 1 unspecified atom stereocenters. The predicted octanol–water partition coefficient (Wildman–Crippen LogP) is 3.16. The minimum atomic E-state index is -1.12. The van der Waals surface area contributed by atoms with Crippen LogP contribution in [0.4, 0.5) is 0 Å². The normalized spacial score (nSPS) is 23.3. The monoisotopic (exact) mass is 409 g/mol. The molecule has 6 nitrogen and oxygen atoms in total. The number of imidazole rings is 1. The number of ether oxygens (including phenoxy) is 1. The Labute approximate surface area is 167 Å². The van der Waals surface area contributed by atoms with E-state index < -0.39 is 20.8 Å². The summed E-state index contributed by atoms with van der Waals surface area (Å²) in [6.07, 6.45) is 4.14. The van der Waals surface area contributed by atoms with Crippen molar-refractivity contribution in [3.8, 4) is 0 Å². The van der Waals surface area contributed by atoms with Crippen LogP contribution in [0.15, 0.2) is 18.5 Å². The fourth-order valence-electron chi connectivity index (χ4n) is 3.35.